The summed E-state index contributed by atoms with van der Waals surface area (Å²) >= 11 is 0. The largest absolute Gasteiger partial charge is 0.436 e. The molecule has 0 radical (unpaired) electrons. The summed E-state index contributed by atoms with van der Waals surface area (Å²) in [5.74, 6) is -0.0822. The average Bonchev–Trinajstić information content (AvgIpc) is 3.12. The average molecular weight is 359 g/mol. The Labute approximate surface area is 153 Å². The molecule has 3 aromatic carbocycles. The molecule has 0 atom stereocenters. The van der Waals surface area contributed by atoms with Crippen LogP contribution in [0.25, 0.3) is 22.6 Å². The number of nitrogens with one attached hydrogen (secondary N) is 1. The minimum Gasteiger partial charge on any atom is -0.436 e. The van der Waals surface area contributed by atoms with Crippen LogP contribution in [0.1, 0.15) is 10.4 Å². The number of amides is 1. The van der Waals surface area contributed by atoms with Gasteiger partial charge in [0.25, 0.3) is 11.6 Å². The number of fused-ring (bicyclic) bond motifs is 1. The van der Waals surface area contributed by atoms with Gasteiger partial charge in [-0.3, -0.25) is 14.9 Å². The molecular weight excluding hydrogens is 346 g/mol. The number of nitro benzene ring substituents is 1. The van der Waals surface area contributed by atoms with Gasteiger partial charge < -0.3 is 9.73 Å². The van der Waals surface area contributed by atoms with Crippen LogP contribution < -0.4 is 5.32 Å². The lowest BCUT2D eigenvalue weighted by Gasteiger charge is -2.05. The van der Waals surface area contributed by atoms with Crippen LogP contribution in [-0.2, 0) is 0 Å². The van der Waals surface area contributed by atoms with E-state index in [1.807, 2.05) is 30.3 Å². The van der Waals surface area contributed by atoms with Crippen molar-refractivity contribution in [2.45, 2.75) is 0 Å². The van der Waals surface area contributed by atoms with Crippen LogP contribution in [0.2, 0.25) is 0 Å². The summed E-state index contributed by atoms with van der Waals surface area (Å²) in [4.78, 5) is 27.4. The molecule has 0 bridgehead atoms. The number of nitrogens with zero attached hydrogens (tertiary/aromatic N) is 2. The monoisotopic (exact) mass is 359 g/mol. The van der Waals surface area contributed by atoms with Crippen molar-refractivity contribution >= 4 is 28.4 Å². The summed E-state index contributed by atoms with van der Waals surface area (Å²) in [6.45, 7) is 0. The van der Waals surface area contributed by atoms with Gasteiger partial charge in [0.2, 0.25) is 5.89 Å². The van der Waals surface area contributed by atoms with Gasteiger partial charge in [0.1, 0.15) is 11.1 Å². The van der Waals surface area contributed by atoms with E-state index < -0.39 is 10.8 Å². The SMILES string of the molecule is O=C(Nc1ccc2oc(-c3ccccc3)nc2c1)c1ccccc1[N+](=O)[O-]. The van der Waals surface area contributed by atoms with Crippen molar-refractivity contribution in [3.8, 4) is 11.5 Å². The Morgan fingerprint density at radius 3 is 2.52 bits per heavy atom. The number of oxazole rings is 1. The Hall–Kier alpha value is -4.00. The maximum absolute atomic E-state index is 12.4. The fourth-order valence-electron chi connectivity index (χ4n) is 2.73. The highest BCUT2D eigenvalue weighted by Crippen LogP contribution is 2.26. The summed E-state index contributed by atoms with van der Waals surface area (Å²) in [7, 11) is 0. The Bertz CT molecular complexity index is 1150. The predicted octanol–water partition coefficient (Wildman–Crippen LogP) is 4.66. The molecule has 1 amide bonds. The Morgan fingerprint density at radius 2 is 1.74 bits per heavy atom. The minimum absolute atomic E-state index is 0.00674. The maximum Gasteiger partial charge on any atom is 0.282 e. The molecule has 0 unspecified atom stereocenters. The van der Waals surface area contributed by atoms with Crippen molar-refractivity contribution in [3.63, 3.8) is 0 Å². The van der Waals surface area contributed by atoms with Gasteiger partial charge in [-0.25, -0.2) is 4.98 Å². The smallest absolute Gasteiger partial charge is 0.282 e. The Balaban J connectivity index is 1.63. The lowest BCUT2D eigenvalue weighted by Crippen LogP contribution is -2.13. The van der Waals surface area contributed by atoms with Crippen molar-refractivity contribution in [1.82, 2.24) is 4.98 Å². The molecule has 4 aromatic rings. The molecular formula is C20H13N3O4. The lowest BCUT2D eigenvalue weighted by atomic mass is 10.1. The number of hydrogen-bond acceptors (Lipinski definition) is 5. The van der Waals surface area contributed by atoms with Crippen LogP contribution in [0.15, 0.2) is 77.2 Å². The first-order valence-corrected chi connectivity index (χ1v) is 8.12. The van der Waals surface area contributed by atoms with Crippen LogP contribution in [0.5, 0.6) is 0 Å². The molecule has 1 aromatic heterocycles. The van der Waals surface area contributed by atoms with E-state index in [4.69, 9.17) is 4.42 Å². The number of hydrogen-bond donors (Lipinski definition) is 1. The maximum atomic E-state index is 12.4. The van der Waals surface area contributed by atoms with E-state index in [1.54, 1.807) is 24.3 Å². The number of anilines is 1. The minimum atomic E-state index is -0.581. The molecule has 4 rings (SSSR count). The van der Waals surface area contributed by atoms with Gasteiger partial charge in [0.15, 0.2) is 5.58 Å². The highest BCUT2D eigenvalue weighted by Gasteiger charge is 2.19. The lowest BCUT2D eigenvalue weighted by molar-refractivity contribution is -0.385. The summed E-state index contributed by atoms with van der Waals surface area (Å²) in [5.41, 5.74) is 2.22. The van der Waals surface area contributed by atoms with Gasteiger partial charge in [0.05, 0.1) is 4.92 Å². The molecule has 7 nitrogen and oxygen atoms in total. The molecule has 0 saturated carbocycles. The number of rotatable bonds is 4. The quantitative estimate of drug-likeness (QED) is 0.422. The fourth-order valence-corrected chi connectivity index (χ4v) is 2.73. The predicted molar refractivity (Wildman–Crippen MR) is 100 cm³/mol. The third kappa shape index (κ3) is 3.25. The zero-order valence-corrected chi connectivity index (χ0v) is 14.0. The van der Waals surface area contributed by atoms with Gasteiger partial charge >= 0.3 is 0 Å². The van der Waals surface area contributed by atoms with Gasteiger partial charge in [0, 0.05) is 17.3 Å². The van der Waals surface area contributed by atoms with E-state index in [1.165, 1.54) is 18.2 Å². The van der Waals surface area contributed by atoms with Crippen LogP contribution in [0, 0.1) is 10.1 Å². The molecule has 1 N–H and O–H groups in total. The second kappa shape index (κ2) is 6.72. The standard InChI is InChI=1S/C20H13N3O4/c24-19(15-8-4-5-9-17(15)23(25)26)21-14-10-11-18-16(12-14)22-20(27-18)13-6-2-1-3-7-13/h1-12H,(H,21,24). The first-order valence-electron chi connectivity index (χ1n) is 8.12. The number of carbonyl (C=O) groups excluding carboxylic acids is 1. The molecule has 7 heteroatoms. The Kier molecular flexibility index (Phi) is 4.10. The zero-order valence-electron chi connectivity index (χ0n) is 14.0. The number of nitro groups is 1. The molecule has 0 aliphatic carbocycles. The molecule has 0 saturated heterocycles. The second-order valence-electron chi connectivity index (χ2n) is 5.80. The van der Waals surface area contributed by atoms with E-state index in [9.17, 15) is 14.9 Å². The first-order chi connectivity index (χ1) is 13.1. The molecule has 27 heavy (non-hydrogen) atoms. The summed E-state index contributed by atoms with van der Waals surface area (Å²) in [6, 6.07) is 20.3. The van der Waals surface area contributed by atoms with E-state index in [2.05, 4.69) is 10.3 Å². The summed E-state index contributed by atoms with van der Waals surface area (Å²) in [5, 5.41) is 13.8. The van der Waals surface area contributed by atoms with Crippen molar-refractivity contribution in [3.05, 3.63) is 88.5 Å². The van der Waals surface area contributed by atoms with Gasteiger partial charge in [-0.2, -0.15) is 0 Å². The van der Waals surface area contributed by atoms with Crippen molar-refractivity contribution in [2.24, 2.45) is 0 Å². The van der Waals surface area contributed by atoms with Crippen LogP contribution in [-0.4, -0.2) is 15.8 Å². The molecule has 1 heterocycles. The van der Waals surface area contributed by atoms with E-state index in [0.717, 1.165) is 5.56 Å². The second-order valence-corrected chi connectivity index (χ2v) is 5.80. The van der Waals surface area contributed by atoms with Gasteiger partial charge in [-0.05, 0) is 36.4 Å². The third-order valence-corrected chi connectivity index (χ3v) is 4.01. The summed E-state index contributed by atoms with van der Waals surface area (Å²) in [6.07, 6.45) is 0. The number of benzene rings is 3. The van der Waals surface area contributed by atoms with Crippen LogP contribution in [0.4, 0.5) is 11.4 Å². The number of para-hydroxylation sites is 1. The highest BCUT2D eigenvalue weighted by atomic mass is 16.6. The van der Waals surface area contributed by atoms with Gasteiger partial charge in [-0.1, -0.05) is 30.3 Å². The van der Waals surface area contributed by atoms with Crippen LogP contribution in [0.3, 0.4) is 0 Å². The van der Waals surface area contributed by atoms with E-state index in [-0.39, 0.29) is 11.3 Å². The highest BCUT2D eigenvalue weighted by molar-refractivity contribution is 6.07. The number of aromatic nitrogens is 1. The molecule has 0 spiro atoms. The zero-order chi connectivity index (χ0) is 18.8. The molecule has 0 aliphatic rings. The summed E-state index contributed by atoms with van der Waals surface area (Å²) < 4.78 is 5.74. The van der Waals surface area contributed by atoms with Gasteiger partial charge in [-0.15, -0.1) is 0 Å². The van der Waals surface area contributed by atoms with Crippen molar-refractivity contribution < 1.29 is 14.1 Å². The number of carbonyl (C=O) groups is 1. The normalized spacial score (nSPS) is 10.7. The first kappa shape index (κ1) is 16.5. The fraction of sp³-hybridized carbons (Fsp3) is 0. The van der Waals surface area contributed by atoms with Crippen molar-refractivity contribution in [2.75, 3.05) is 5.32 Å². The van der Waals surface area contributed by atoms with E-state index in [0.29, 0.717) is 22.7 Å². The van der Waals surface area contributed by atoms with E-state index >= 15 is 0 Å². The Morgan fingerprint density at radius 1 is 1.00 bits per heavy atom. The topological polar surface area (TPSA) is 98.3 Å². The van der Waals surface area contributed by atoms with Crippen molar-refractivity contribution in [1.29, 1.82) is 0 Å². The molecule has 0 aliphatic heterocycles. The molecule has 0 fully saturated rings. The third-order valence-electron chi connectivity index (χ3n) is 4.01. The molecule has 132 valence electrons. The van der Waals surface area contributed by atoms with Crippen LogP contribution >= 0.6 is 0 Å².